The molecule has 0 unspecified atom stereocenters. The lowest BCUT2D eigenvalue weighted by atomic mass is 10.3. The topological polar surface area (TPSA) is 55.4 Å². The van der Waals surface area contributed by atoms with Gasteiger partial charge in [-0.3, -0.25) is 4.79 Å². The second-order valence-corrected chi connectivity index (χ2v) is 5.53. The Morgan fingerprint density at radius 1 is 1.26 bits per heavy atom. The van der Waals surface area contributed by atoms with E-state index in [4.69, 9.17) is 4.74 Å². The van der Waals surface area contributed by atoms with Gasteiger partial charge < -0.3 is 10.1 Å². The average Bonchev–Trinajstić information content (AvgIpc) is 2.92. The molecule has 1 heterocycles. The number of carbonyl (C=O) groups excluding carboxylic acids is 2. The quantitative estimate of drug-likeness (QED) is 0.671. The predicted octanol–water partition coefficient (Wildman–Crippen LogP) is 3.53. The normalized spacial score (nSPS) is 10.7. The molecule has 1 aromatic carbocycles. The monoisotopic (exact) mass is 337 g/mol. The van der Waals surface area contributed by atoms with Crippen LogP contribution in [0.15, 0.2) is 35.7 Å². The summed E-state index contributed by atoms with van der Waals surface area (Å²) in [4.78, 5) is 24.0. The van der Waals surface area contributed by atoms with Gasteiger partial charge in [0.15, 0.2) is 18.2 Å². The minimum atomic E-state index is -1.07. The van der Waals surface area contributed by atoms with E-state index in [0.717, 1.165) is 22.6 Å². The molecule has 0 spiro atoms. The van der Waals surface area contributed by atoms with Gasteiger partial charge in [-0.25, -0.2) is 13.6 Å². The zero-order valence-electron chi connectivity index (χ0n) is 12.1. The van der Waals surface area contributed by atoms with E-state index in [-0.39, 0.29) is 5.69 Å². The summed E-state index contributed by atoms with van der Waals surface area (Å²) in [5.74, 6) is -3.40. The lowest BCUT2D eigenvalue weighted by Gasteiger charge is -2.05. The van der Waals surface area contributed by atoms with E-state index >= 15 is 0 Å². The standard InChI is InChI=1S/C16H13F2NO3S/c1-10-6-7-23-14(10)4-5-16(21)22-9-15(20)19-11-2-3-12(17)13(18)8-11/h2-8H,9H2,1H3,(H,19,20)/b5-4+. The Morgan fingerprint density at radius 3 is 2.70 bits per heavy atom. The van der Waals surface area contributed by atoms with Gasteiger partial charge >= 0.3 is 5.97 Å². The maximum absolute atomic E-state index is 13.0. The fourth-order valence-corrected chi connectivity index (χ4v) is 2.47. The van der Waals surface area contributed by atoms with Gasteiger partial charge in [0.05, 0.1) is 0 Å². The number of ether oxygens (including phenoxy) is 1. The molecule has 2 rings (SSSR count). The van der Waals surface area contributed by atoms with Crippen LogP contribution in [0.5, 0.6) is 0 Å². The van der Waals surface area contributed by atoms with Crippen LogP contribution in [0.3, 0.4) is 0 Å². The fourth-order valence-electron chi connectivity index (χ4n) is 1.65. The van der Waals surface area contributed by atoms with Crippen LogP contribution in [0.25, 0.3) is 6.08 Å². The first-order valence-electron chi connectivity index (χ1n) is 6.59. The van der Waals surface area contributed by atoms with Gasteiger partial charge in [0.25, 0.3) is 5.91 Å². The van der Waals surface area contributed by atoms with E-state index in [9.17, 15) is 18.4 Å². The van der Waals surface area contributed by atoms with Crippen LogP contribution in [0.2, 0.25) is 0 Å². The number of thiophene rings is 1. The molecule has 0 radical (unpaired) electrons. The second kappa shape index (κ2) is 7.64. The van der Waals surface area contributed by atoms with Crippen LogP contribution in [0, 0.1) is 18.6 Å². The van der Waals surface area contributed by atoms with Crippen molar-refractivity contribution < 1.29 is 23.1 Å². The highest BCUT2D eigenvalue weighted by Crippen LogP contribution is 2.17. The Hall–Kier alpha value is -2.54. The van der Waals surface area contributed by atoms with Crippen LogP contribution in [-0.2, 0) is 14.3 Å². The Morgan fingerprint density at radius 2 is 2.04 bits per heavy atom. The first-order chi connectivity index (χ1) is 11.0. The molecule has 0 atom stereocenters. The summed E-state index contributed by atoms with van der Waals surface area (Å²) >= 11 is 1.48. The van der Waals surface area contributed by atoms with E-state index in [1.165, 1.54) is 23.5 Å². The first kappa shape index (κ1) is 16.8. The molecule has 23 heavy (non-hydrogen) atoms. The third-order valence-electron chi connectivity index (χ3n) is 2.82. The minimum absolute atomic E-state index is 0.0784. The van der Waals surface area contributed by atoms with Crippen LogP contribution in [0.4, 0.5) is 14.5 Å². The van der Waals surface area contributed by atoms with Gasteiger partial charge in [-0.15, -0.1) is 11.3 Å². The number of aryl methyl sites for hydroxylation is 1. The number of carbonyl (C=O) groups is 2. The van der Waals surface area contributed by atoms with Crippen molar-refractivity contribution in [1.82, 2.24) is 0 Å². The number of halogens is 2. The number of nitrogens with one attached hydrogen (secondary N) is 1. The highest BCUT2D eigenvalue weighted by atomic mass is 32.1. The SMILES string of the molecule is Cc1ccsc1/C=C/C(=O)OCC(=O)Nc1ccc(F)c(F)c1. The van der Waals surface area contributed by atoms with E-state index in [1.807, 2.05) is 18.4 Å². The minimum Gasteiger partial charge on any atom is -0.452 e. The fraction of sp³-hybridized carbons (Fsp3) is 0.125. The summed E-state index contributed by atoms with van der Waals surface area (Å²) in [7, 11) is 0. The van der Waals surface area contributed by atoms with Crippen LogP contribution >= 0.6 is 11.3 Å². The lowest BCUT2D eigenvalue weighted by Crippen LogP contribution is -2.20. The molecule has 4 nitrogen and oxygen atoms in total. The maximum Gasteiger partial charge on any atom is 0.331 e. The van der Waals surface area contributed by atoms with Gasteiger partial charge in [-0.2, -0.15) is 0 Å². The van der Waals surface area contributed by atoms with E-state index in [1.54, 1.807) is 6.08 Å². The van der Waals surface area contributed by atoms with E-state index in [2.05, 4.69) is 5.32 Å². The van der Waals surface area contributed by atoms with Crippen molar-refractivity contribution in [3.05, 3.63) is 57.8 Å². The van der Waals surface area contributed by atoms with E-state index in [0.29, 0.717) is 0 Å². The Kier molecular flexibility index (Phi) is 5.59. The van der Waals surface area contributed by atoms with Crippen molar-refractivity contribution in [2.75, 3.05) is 11.9 Å². The van der Waals surface area contributed by atoms with Gasteiger partial charge in [-0.05, 0) is 42.1 Å². The van der Waals surface area contributed by atoms with Gasteiger partial charge in [0.2, 0.25) is 0 Å². The van der Waals surface area contributed by atoms with Gasteiger partial charge in [0.1, 0.15) is 0 Å². The molecule has 0 saturated carbocycles. The zero-order valence-corrected chi connectivity index (χ0v) is 13.0. The average molecular weight is 337 g/mol. The third kappa shape index (κ3) is 5.00. The van der Waals surface area contributed by atoms with Gasteiger partial charge in [-0.1, -0.05) is 0 Å². The largest absolute Gasteiger partial charge is 0.452 e. The smallest absolute Gasteiger partial charge is 0.331 e. The van der Waals surface area contributed by atoms with Crippen molar-refractivity contribution in [2.24, 2.45) is 0 Å². The lowest BCUT2D eigenvalue weighted by molar-refractivity contribution is -0.142. The number of hydrogen-bond acceptors (Lipinski definition) is 4. The maximum atomic E-state index is 13.0. The first-order valence-corrected chi connectivity index (χ1v) is 7.47. The van der Waals surface area contributed by atoms with Crippen molar-refractivity contribution in [1.29, 1.82) is 0 Å². The summed E-state index contributed by atoms with van der Waals surface area (Å²) in [6, 6.07) is 4.86. The second-order valence-electron chi connectivity index (χ2n) is 4.59. The molecule has 1 N–H and O–H groups in total. The number of anilines is 1. The highest BCUT2D eigenvalue weighted by Gasteiger charge is 2.08. The molecule has 0 saturated heterocycles. The van der Waals surface area contributed by atoms with Crippen molar-refractivity contribution in [3.8, 4) is 0 Å². The summed E-state index contributed by atoms with van der Waals surface area (Å²) in [5, 5.41) is 4.20. The highest BCUT2D eigenvalue weighted by molar-refractivity contribution is 7.11. The van der Waals surface area contributed by atoms with Crippen LogP contribution < -0.4 is 5.32 Å². The molecule has 0 fully saturated rings. The molecular formula is C16H13F2NO3S. The Balaban J connectivity index is 1.82. The third-order valence-corrected chi connectivity index (χ3v) is 3.81. The molecule has 0 bridgehead atoms. The summed E-state index contributed by atoms with van der Waals surface area (Å²) in [6.07, 6.45) is 2.83. The van der Waals surface area contributed by atoms with Crippen molar-refractivity contribution in [3.63, 3.8) is 0 Å². The number of rotatable bonds is 5. The molecule has 0 aliphatic rings. The van der Waals surface area contributed by atoms with E-state index < -0.39 is 30.1 Å². The molecule has 2 aromatic rings. The van der Waals surface area contributed by atoms with Crippen molar-refractivity contribution >= 4 is 35.0 Å². The number of hydrogen-bond donors (Lipinski definition) is 1. The number of amides is 1. The number of esters is 1. The Bertz CT molecular complexity index is 756. The van der Waals surface area contributed by atoms with Crippen molar-refractivity contribution in [2.45, 2.75) is 6.92 Å². The molecule has 0 aliphatic heterocycles. The van der Waals surface area contributed by atoms with Gasteiger partial charge in [0, 0.05) is 22.7 Å². The predicted molar refractivity (Wildman–Crippen MR) is 84.0 cm³/mol. The molecule has 0 aliphatic carbocycles. The molecular weight excluding hydrogens is 324 g/mol. The van der Waals surface area contributed by atoms with Crippen LogP contribution in [0.1, 0.15) is 10.4 Å². The zero-order chi connectivity index (χ0) is 16.8. The van der Waals surface area contributed by atoms with Crippen LogP contribution in [-0.4, -0.2) is 18.5 Å². The molecule has 1 amide bonds. The summed E-state index contributed by atoms with van der Waals surface area (Å²) in [5.41, 5.74) is 1.12. The molecule has 120 valence electrons. The molecule has 7 heteroatoms. The molecule has 1 aromatic heterocycles. The Labute approximate surface area is 135 Å². The summed E-state index contributed by atoms with van der Waals surface area (Å²) in [6.45, 7) is 1.39. The summed E-state index contributed by atoms with van der Waals surface area (Å²) < 4.78 is 30.5. The number of benzene rings is 1.